The molecule has 0 bridgehead atoms. The van der Waals surface area contributed by atoms with Gasteiger partial charge in [0.25, 0.3) is 0 Å². The number of rotatable bonds is 8. The fraction of sp³-hybridized carbons (Fsp3) is 0.182. The molecule has 30 heavy (non-hydrogen) atoms. The van der Waals surface area contributed by atoms with Gasteiger partial charge in [-0.1, -0.05) is 54.1 Å². The second-order valence-electron chi connectivity index (χ2n) is 6.38. The van der Waals surface area contributed by atoms with Crippen molar-refractivity contribution in [2.24, 2.45) is 0 Å². The number of esters is 1. The van der Waals surface area contributed by atoms with E-state index < -0.39 is 5.97 Å². The van der Waals surface area contributed by atoms with Crippen molar-refractivity contribution in [1.29, 1.82) is 5.41 Å². The maximum atomic E-state index is 12.1. The van der Waals surface area contributed by atoms with Gasteiger partial charge in [0.2, 0.25) is 0 Å². The molecule has 0 aliphatic rings. The molecule has 3 rings (SSSR count). The highest BCUT2D eigenvalue weighted by molar-refractivity contribution is 6.30. The Morgan fingerprint density at radius 2 is 1.83 bits per heavy atom. The average molecular weight is 425 g/mol. The van der Waals surface area contributed by atoms with Crippen LogP contribution in [0.25, 0.3) is 0 Å². The van der Waals surface area contributed by atoms with Crippen LogP contribution in [0.3, 0.4) is 0 Å². The van der Waals surface area contributed by atoms with Crippen LogP contribution in [0.4, 0.5) is 5.82 Å². The summed E-state index contributed by atoms with van der Waals surface area (Å²) in [5, 5.41) is 12.6. The Balaban J connectivity index is 1.92. The van der Waals surface area contributed by atoms with Gasteiger partial charge < -0.3 is 20.2 Å². The van der Waals surface area contributed by atoms with E-state index in [1.165, 1.54) is 20.4 Å². The first-order chi connectivity index (χ1) is 14.5. The number of hydrogen-bond acceptors (Lipinski definition) is 7. The zero-order chi connectivity index (χ0) is 21.5. The summed E-state index contributed by atoms with van der Waals surface area (Å²) in [5.74, 6) is -0.596. The van der Waals surface area contributed by atoms with E-state index in [1.54, 1.807) is 12.1 Å². The lowest BCUT2D eigenvalue weighted by atomic mass is 9.90. The minimum atomic E-state index is -0.566. The molecule has 7 nitrogen and oxygen atoms in total. The number of anilines is 1. The van der Waals surface area contributed by atoms with E-state index in [1.807, 2.05) is 42.5 Å². The van der Waals surface area contributed by atoms with Crippen molar-refractivity contribution in [1.82, 2.24) is 9.97 Å². The summed E-state index contributed by atoms with van der Waals surface area (Å²) in [7, 11) is 2.74. The Bertz CT molecular complexity index is 1030. The molecule has 0 radical (unpaired) electrons. The number of aromatic nitrogens is 2. The molecule has 0 saturated heterocycles. The normalized spacial score (nSPS) is 11.4. The predicted octanol–water partition coefficient (Wildman–Crippen LogP) is 4.19. The van der Waals surface area contributed by atoms with Gasteiger partial charge >= 0.3 is 12.0 Å². The summed E-state index contributed by atoms with van der Waals surface area (Å²) in [6.45, 7) is 0.315. The molecule has 1 unspecified atom stereocenters. The van der Waals surface area contributed by atoms with Gasteiger partial charge in [-0.25, -0.2) is 9.78 Å². The Labute approximate surface area is 179 Å². The van der Waals surface area contributed by atoms with Gasteiger partial charge in [-0.05, 0) is 23.3 Å². The second-order valence-corrected chi connectivity index (χ2v) is 6.81. The standard InChI is InChI=1S/C22H21ClN4O3/c1-29-21(28)18-13-26-22(30-2)27-20(18)25-12-17(14-6-4-3-5-7-14)19(24)15-8-10-16(23)11-9-15/h3-11,13,17,24H,12H2,1-2H3,(H,25,26,27). The Morgan fingerprint density at radius 1 is 1.13 bits per heavy atom. The van der Waals surface area contributed by atoms with Crippen molar-refractivity contribution in [2.45, 2.75) is 5.92 Å². The molecule has 154 valence electrons. The highest BCUT2D eigenvalue weighted by atomic mass is 35.5. The lowest BCUT2D eigenvalue weighted by Crippen LogP contribution is -2.23. The Morgan fingerprint density at radius 3 is 2.47 bits per heavy atom. The van der Waals surface area contributed by atoms with Crippen LogP contribution in [-0.4, -0.2) is 42.4 Å². The first kappa shape index (κ1) is 21.3. The number of ether oxygens (including phenoxy) is 2. The first-order valence-electron chi connectivity index (χ1n) is 9.16. The highest BCUT2D eigenvalue weighted by Gasteiger charge is 2.21. The average Bonchev–Trinajstić information content (AvgIpc) is 2.79. The number of nitrogens with one attached hydrogen (secondary N) is 2. The minimum Gasteiger partial charge on any atom is -0.467 e. The number of halogens is 1. The number of carbonyl (C=O) groups is 1. The van der Waals surface area contributed by atoms with Gasteiger partial charge in [0.15, 0.2) is 0 Å². The molecule has 2 aromatic carbocycles. The number of nitrogens with zero attached hydrogens (tertiary/aromatic N) is 2. The van der Waals surface area contributed by atoms with Crippen molar-refractivity contribution < 1.29 is 14.3 Å². The molecule has 3 aromatic rings. The number of methoxy groups -OCH3 is 2. The quantitative estimate of drug-likeness (QED) is 0.415. The SMILES string of the molecule is COC(=O)c1cnc(OC)nc1NCC(C(=N)c1ccc(Cl)cc1)c1ccccc1. The molecular weight excluding hydrogens is 404 g/mol. The monoisotopic (exact) mass is 424 g/mol. The minimum absolute atomic E-state index is 0.120. The highest BCUT2D eigenvalue weighted by Crippen LogP contribution is 2.24. The van der Waals surface area contributed by atoms with Crippen LogP contribution in [0.15, 0.2) is 60.8 Å². The first-order valence-corrected chi connectivity index (χ1v) is 9.53. The molecule has 1 aromatic heterocycles. The smallest absolute Gasteiger partial charge is 0.343 e. The molecule has 1 heterocycles. The lowest BCUT2D eigenvalue weighted by Gasteiger charge is -2.21. The molecule has 0 spiro atoms. The zero-order valence-corrected chi connectivity index (χ0v) is 17.3. The van der Waals surface area contributed by atoms with E-state index in [0.29, 0.717) is 17.3 Å². The molecule has 2 N–H and O–H groups in total. The fourth-order valence-corrected chi connectivity index (χ4v) is 3.09. The van der Waals surface area contributed by atoms with Gasteiger partial charge in [0.05, 0.1) is 20.4 Å². The van der Waals surface area contributed by atoms with Crippen LogP contribution >= 0.6 is 11.6 Å². The van der Waals surface area contributed by atoms with Crippen LogP contribution < -0.4 is 10.1 Å². The maximum absolute atomic E-state index is 12.1. The van der Waals surface area contributed by atoms with Crippen LogP contribution in [0.2, 0.25) is 5.02 Å². The van der Waals surface area contributed by atoms with Crippen molar-refractivity contribution in [3.05, 3.63) is 82.5 Å². The zero-order valence-electron chi connectivity index (χ0n) is 16.6. The Hall–Kier alpha value is -3.45. The maximum Gasteiger partial charge on any atom is 0.343 e. The second kappa shape index (κ2) is 9.84. The third kappa shape index (κ3) is 4.93. The summed E-state index contributed by atoms with van der Waals surface area (Å²) in [6.07, 6.45) is 1.35. The molecule has 1 atom stereocenters. The molecular formula is C22H21ClN4O3. The van der Waals surface area contributed by atoms with E-state index in [9.17, 15) is 4.79 Å². The summed E-state index contributed by atoms with van der Waals surface area (Å²) in [6, 6.07) is 16.9. The molecule has 0 amide bonds. The third-order valence-corrected chi connectivity index (χ3v) is 4.79. The summed E-state index contributed by atoms with van der Waals surface area (Å²) in [5.41, 5.74) is 2.29. The van der Waals surface area contributed by atoms with Crippen LogP contribution in [-0.2, 0) is 4.74 Å². The van der Waals surface area contributed by atoms with Crippen molar-refractivity contribution >= 4 is 29.1 Å². The summed E-state index contributed by atoms with van der Waals surface area (Å²) in [4.78, 5) is 20.3. The van der Waals surface area contributed by atoms with Gasteiger partial charge in [0.1, 0.15) is 11.4 Å². The fourth-order valence-electron chi connectivity index (χ4n) is 2.96. The van der Waals surface area contributed by atoms with E-state index in [2.05, 4.69) is 15.3 Å². The number of carbonyl (C=O) groups excluding carboxylic acids is 1. The van der Waals surface area contributed by atoms with Gasteiger partial charge in [-0.3, -0.25) is 0 Å². The number of hydrogen-bond donors (Lipinski definition) is 2. The lowest BCUT2D eigenvalue weighted by molar-refractivity contribution is 0.0601. The molecule has 0 aliphatic heterocycles. The summed E-state index contributed by atoms with van der Waals surface area (Å²) < 4.78 is 9.89. The molecule has 8 heteroatoms. The predicted molar refractivity (Wildman–Crippen MR) is 116 cm³/mol. The van der Waals surface area contributed by atoms with Crippen molar-refractivity contribution in [2.75, 3.05) is 26.1 Å². The van der Waals surface area contributed by atoms with Gasteiger partial charge in [-0.2, -0.15) is 4.98 Å². The van der Waals surface area contributed by atoms with Crippen molar-refractivity contribution in [3.8, 4) is 6.01 Å². The molecule has 0 saturated carbocycles. The van der Waals surface area contributed by atoms with E-state index in [0.717, 1.165) is 11.1 Å². The van der Waals surface area contributed by atoms with Crippen LogP contribution in [0.1, 0.15) is 27.4 Å². The Kier molecular flexibility index (Phi) is 6.98. The van der Waals surface area contributed by atoms with E-state index in [4.69, 9.17) is 26.5 Å². The van der Waals surface area contributed by atoms with Gasteiger partial charge in [-0.15, -0.1) is 0 Å². The summed E-state index contributed by atoms with van der Waals surface area (Å²) >= 11 is 5.99. The van der Waals surface area contributed by atoms with E-state index in [-0.39, 0.29) is 23.3 Å². The topological polar surface area (TPSA) is 97.2 Å². The van der Waals surface area contributed by atoms with Gasteiger partial charge in [0, 0.05) is 23.2 Å². The van der Waals surface area contributed by atoms with Crippen LogP contribution in [0, 0.1) is 5.41 Å². The molecule has 0 fully saturated rings. The van der Waals surface area contributed by atoms with Crippen LogP contribution in [0.5, 0.6) is 6.01 Å². The third-order valence-electron chi connectivity index (χ3n) is 4.53. The van der Waals surface area contributed by atoms with Crippen molar-refractivity contribution in [3.63, 3.8) is 0 Å². The largest absolute Gasteiger partial charge is 0.467 e. The number of benzene rings is 2. The molecule has 0 aliphatic carbocycles. The van der Waals surface area contributed by atoms with E-state index >= 15 is 0 Å².